The SMILES string of the molecule is O=C(C=Cc1ccccc1)N[C@@H](Cc1ccccc1)C(=O)c1nccs1. The summed E-state index contributed by atoms with van der Waals surface area (Å²) in [5.41, 5.74) is 1.91. The Morgan fingerprint density at radius 2 is 1.73 bits per heavy atom. The van der Waals surface area contributed by atoms with Gasteiger partial charge >= 0.3 is 0 Å². The average Bonchev–Trinajstić information content (AvgIpc) is 3.22. The number of carbonyl (C=O) groups excluding carboxylic acids is 2. The van der Waals surface area contributed by atoms with Crippen LogP contribution in [0.4, 0.5) is 0 Å². The lowest BCUT2D eigenvalue weighted by Gasteiger charge is -2.15. The van der Waals surface area contributed by atoms with Crippen molar-refractivity contribution in [1.82, 2.24) is 10.3 Å². The number of amides is 1. The van der Waals surface area contributed by atoms with Crippen LogP contribution in [-0.2, 0) is 11.2 Å². The summed E-state index contributed by atoms with van der Waals surface area (Å²) in [6, 6.07) is 18.5. The zero-order valence-electron chi connectivity index (χ0n) is 14.0. The zero-order chi connectivity index (χ0) is 18.2. The Hall–Kier alpha value is -3.05. The number of carbonyl (C=O) groups is 2. The van der Waals surface area contributed by atoms with Crippen LogP contribution in [0, 0.1) is 0 Å². The van der Waals surface area contributed by atoms with E-state index < -0.39 is 6.04 Å². The molecule has 0 spiro atoms. The second-order valence-corrected chi connectivity index (χ2v) is 6.59. The largest absolute Gasteiger partial charge is 0.342 e. The standard InChI is InChI=1S/C21H18N2O2S/c24-19(12-11-16-7-3-1-4-8-16)23-18(15-17-9-5-2-6-10-17)20(25)21-22-13-14-26-21/h1-14,18H,15H2,(H,23,24)/t18-/m0/s1. The minimum Gasteiger partial charge on any atom is -0.342 e. The van der Waals surface area contributed by atoms with E-state index in [9.17, 15) is 9.59 Å². The third-order valence-corrected chi connectivity index (χ3v) is 4.57. The molecule has 1 heterocycles. The minimum absolute atomic E-state index is 0.176. The number of thiazole rings is 1. The number of rotatable bonds is 7. The monoisotopic (exact) mass is 362 g/mol. The van der Waals surface area contributed by atoms with Crippen molar-refractivity contribution in [1.29, 1.82) is 0 Å². The van der Waals surface area contributed by atoms with E-state index in [4.69, 9.17) is 0 Å². The molecule has 1 atom stereocenters. The Labute approximate surface area is 156 Å². The summed E-state index contributed by atoms with van der Waals surface area (Å²) in [6.45, 7) is 0. The molecular weight excluding hydrogens is 344 g/mol. The number of ketones is 1. The second-order valence-electron chi connectivity index (χ2n) is 5.70. The molecule has 0 radical (unpaired) electrons. The van der Waals surface area contributed by atoms with Crippen LogP contribution in [0.3, 0.4) is 0 Å². The van der Waals surface area contributed by atoms with Crippen LogP contribution >= 0.6 is 11.3 Å². The fourth-order valence-electron chi connectivity index (χ4n) is 2.51. The first-order valence-corrected chi connectivity index (χ1v) is 9.11. The molecule has 3 rings (SSSR count). The quantitative estimate of drug-likeness (QED) is 0.514. The summed E-state index contributed by atoms with van der Waals surface area (Å²) < 4.78 is 0. The normalized spacial score (nSPS) is 12.0. The van der Waals surface area contributed by atoms with Crippen molar-refractivity contribution in [3.8, 4) is 0 Å². The Morgan fingerprint density at radius 1 is 1.04 bits per heavy atom. The van der Waals surface area contributed by atoms with E-state index in [0.717, 1.165) is 11.1 Å². The molecule has 1 amide bonds. The van der Waals surface area contributed by atoms with Gasteiger partial charge in [0.2, 0.25) is 11.7 Å². The van der Waals surface area contributed by atoms with Gasteiger partial charge in [0, 0.05) is 24.1 Å². The van der Waals surface area contributed by atoms with Crippen LogP contribution in [0.2, 0.25) is 0 Å². The smallest absolute Gasteiger partial charge is 0.244 e. The van der Waals surface area contributed by atoms with Crippen LogP contribution < -0.4 is 5.32 Å². The number of nitrogens with one attached hydrogen (secondary N) is 1. The molecule has 3 aromatic rings. The number of nitrogens with zero attached hydrogens (tertiary/aromatic N) is 1. The molecule has 0 aliphatic heterocycles. The molecule has 0 aliphatic carbocycles. The summed E-state index contributed by atoms with van der Waals surface area (Å²) in [5, 5.41) is 4.97. The number of Topliss-reactive ketones (excluding diaryl/α,β-unsaturated/α-hetero) is 1. The first-order valence-electron chi connectivity index (χ1n) is 8.23. The van der Waals surface area contributed by atoms with E-state index in [1.165, 1.54) is 17.4 Å². The van der Waals surface area contributed by atoms with E-state index in [1.54, 1.807) is 17.7 Å². The Balaban J connectivity index is 1.73. The van der Waals surface area contributed by atoms with E-state index in [2.05, 4.69) is 10.3 Å². The summed E-state index contributed by atoms with van der Waals surface area (Å²) in [6.07, 6.45) is 5.18. The van der Waals surface area contributed by atoms with E-state index in [-0.39, 0.29) is 11.7 Å². The van der Waals surface area contributed by atoms with Crippen molar-refractivity contribution in [3.05, 3.63) is 94.5 Å². The molecule has 0 saturated carbocycles. The number of hydrogen-bond donors (Lipinski definition) is 1. The predicted molar refractivity (Wildman–Crippen MR) is 104 cm³/mol. The Morgan fingerprint density at radius 3 is 2.38 bits per heavy atom. The average molecular weight is 362 g/mol. The molecule has 1 N–H and O–H groups in total. The fourth-order valence-corrected chi connectivity index (χ4v) is 3.14. The van der Waals surface area contributed by atoms with Crippen LogP contribution in [0.5, 0.6) is 0 Å². The Kier molecular flexibility index (Phi) is 6.06. The summed E-state index contributed by atoms with van der Waals surface area (Å²) in [4.78, 5) is 29.1. The maximum absolute atomic E-state index is 12.7. The van der Waals surface area contributed by atoms with E-state index in [1.807, 2.05) is 60.7 Å². The van der Waals surface area contributed by atoms with Crippen LogP contribution in [0.25, 0.3) is 6.08 Å². The van der Waals surface area contributed by atoms with Crippen molar-refractivity contribution in [2.75, 3.05) is 0 Å². The van der Waals surface area contributed by atoms with Crippen molar-refractivity contribution < 1.29 is 9.59 Å². The summed E-state index contributed by atoms with van der Waals surface area (Å²) in [5.74, 6) is -0.481. The lowest BCUT2D eigenvalue weighted by atomic mass is 10.0. The third-order valence-electron chi connectivity index (χ3n) is 3.79. The van der Waals surface area contributed by atoms with Crippen LogP contribution in [0.15, 0.2) is 78.3 Å². The Bertz CT molecular complexity index is 875. The van der Waals surface area contributed by atoms with Crippen molar-refractivity contribution in [3.63, 3.8) is 0 Å². The van der Waals surface area contributed by atoms with Crippen molar-refractivity contribution in [2.24, 2.45) is 0 Å². The highest BCUT2D eigenvalue weighted by atomic mass is 32.1. The highest BCUT2D eigenvalue weighted by Crippen LogP contribution is 2.12. The van der Waals surface area contributed by atoms with Gasteiger partial charge in [0.15, 0.2) is 5.01 Å². The van der Waals surface area contributed by atoms with Crippen molar-refractivity contribution in [2.45, 2.75) is 12.5 Å². The van der Waals surface area contributed by atoms with E-state index >= 15 is 0 Å². The summed E-state index contributed by atoms with van der Waals surface area (Å²) in [7, 11) is 0. The van der Waals surface area contributed by atoms with Gasteiger partial charge in [-0.15, -0.1) is 11.3 Å². The highest BCUT2D eigenvalue weighted by Gasteiger charge is 2.23. The molecule has 5 heteroatoms. The zero-order valence-corrected chi connectivity index (χ0v) is 14.9. The molecule has 0 bridgehead atoms. The predicted octanol–water partition coefficient (Wildman–Crippen LogP) is 3.77. The van der Waals surface area contributed by atoms with Gasteiger partial charge in [0.25, 0.3) is 0 Å². The van der Waals surface area contributed by atoms with Gasteiger partial charge in [0.1, 0.15) is 0 Å². The van der Waals surface area contributed by atoms with Gasteiger partial charge in [0.05, 0.1) is 6.04 Å². The van der Waals surface area contributed by atoms with Gasteiger partial charge in [-0.3, -0.25) is 9.59 Å². The van der Waals surface area contributed by atoms with E-state index in [0.29, 0.717) is 11.4 Å². The molecule has 130 valence electrons. The number of hydrogen-bond acceptors (Lipinski definition) is 4. The van der Waals surface area contributed by atoms with Gasteiger partial charge < -0.3 is 5.32 Å². The van der Waals surface area contributed by atoms with Crippen LogP contribution in [0.1, 0.15) is 20.9 Å². The van der Waals surface area contributed by atoms with Gasteiger partial charge in [-0.2, -0.15) is 0 Å². The lowest BCUT2D eigenvalue weighted by Crippen LogP contribution is -2.41. The van der Waals surface area contributed by atoms with Gasteiger partial charge in [-0.05, 0) is 17.2 Å². The topological polar surface area (TPSA) is 59.1 Å². The summed E-state index contributed by atoms with van der Waals surface area (Å²) >= 11 is 1.28. The first kappa shape index (κ1) is 17.8. The second kappa shape index (κ2) is 8.87. The van der Waals surface area contributed by atoms with Crippen LogP contribution in [-0.4, -0.2) is 22.7 Å². The lowest BCUT2D eigenvalue weighted by molar-refractivity contribution is -0.116. The molecule has 0 aliphatic rings. The third kappa shape index (κ3) is 4.97. The number of aromatic nitrogens is 1. The fraction of sp³-hybridized carbons (Fsp3) is 0.0952. The van der Waals surface area contributed by atoms with Crippen molar-refractivity contribution >= 4 is 29.1 Å². The molecule has 1 aromatic heterocycles. The molecule has 0 unspecified atom stereocenters. The maximum atomic E-state index is 12.7. The molecular formula is C21H18N2O2S. The number of benzene rings is 2. The molecule has 26 heavy (non-hydrogen) atoms. The molecule has 4 nitrogen and oxygen atoms in total. The minimum atomic E-state index is -0.656. The van der Waals surface area contributed by atoms with Gasteiger partial charge in [-0.1, -0.05) is 60.7 Å². The van der Waals surface area contributed by atoms with Gasteiger partial charge in [-0.25, -0.2) is 4.98 Å². The maximum Gasteiger partial charge on any atom is 0.244 e. The first-order chi connectivity index (χ1) is 12.7. The molecule has 0 saturated heterocycles. The molecule has 2 aromatic carbocycles. The molecule has 0 fully saturated rings. The highest BCUT2D eigenvalue weighted by molar-refractivity contribution is 7.11.